The van der Waals surface area contributed by atoms with Crippen LogP contribution >= 0.6 is 18.2 Å². The van der Waals surface area contributed by atoms with Gasteiger partial charge in [-0.05, 0) is 44.9 Å². The van der Waals surface area contributed by atoms with Gasteiger partial charge in [0.05, 0.1) is 0 Å². The summed E-state index contributed by atoms with van der Waals surface area (Å²) in [6, 6.07) is 11.9. The lowest BCUT2D eigenvalue weighted by Gasteiger charge is -2.29. The second kappa shape index (κ2) is 8.97. The minimum Gasteiger partial charge on any atom is -0.404 e. The predicted octanol–water partition coefficient (Wildman–Crippen LogP) is 9.68. The van der Waals surface area contributed by atoms with E-state index in [-0.39, 0.29) is 21.7 Å². The SMILES string of the molecule is CC(C)(C)c1ccc(OP(=O)(Cl)Oc2ccc(C(C)(C)C)cc2C(C)(C)C)c(C(C)(C)C)c1. The molecule has 0 fully saturated rings. The minimum atomic E-state index is -3.97. The third-order valence-electron chi connectivity index (χ3n) is 5.72. The highest BCUT2D eigenvalue weighted by Gasteiger charge is 2.32. The summed E-state index contributed by atoms with van der Waals surface area (Å²) in [5.41, 5.74) is 3.76. The molecule has 0 aliphatic heterocycles. The van der Waals surface area contributed by atoms with Gasteiger partial charge in [-0.2, -0.15) is 0 Å². The van der Waals surface area contributed by atoms with Crippen LogP contribution in [0, 0.1) is 0 Å². The highest BCUT2D eigenvalue weighted by molar-refractivity contribution is 7.82. The molecule has 2 aromatic carbocycles. The van der Waals surface area contributed by atoms with Gasteiger partial charge in [-0.1, -0.05) is 107 Å². The van der Waals surface area contributed by atoms with Crippen LogP contribution in [0.2, 0.25) is 0 Å². The van der Waals surface area contributed by atoms with Gasteiger partial charge in [0, 0.05) is 22.4 Å². The van der Waals surface area contributed by atoms with Crippen LogP contribution in [-0.2, 0) is 26.2 Å². The highest BCUT2D eigenvalue weighted by Crippen LogP contribution is 2.56. The summed E-state index contributed by atoms with van der Waals surface area (Å²) >= 11 is 6.42. The number of benzene rings is 2. The van der Waals surface area contributed by atoms with E-state index in [1.54, 1.807) is 0 Å². The molecule has 0 N–H and O–H groups in total. The molecule has 3 nitrogen and oxygen atoms in total. The molecule has 0 bridgehead atoms. The van der Waals surface area contributed by atoms with Gasteiger partial charge < -0.3 is 9.05 Å². The summed E-state index contributed by atoms with van der Waals surface area (Å²) in [5.74, 6) is 0.968. The van der Waals surface area contributed by atoms with Gasteiger partial charge in [0.1, 0.15) is 11.5 Å². The van der Waals surface area contributed by atoms with Crippen molar-refractivity contribution in [1.29, 1.82) is 0 Å². The lowest BCUT2D eigenvalue weighted by atomic mass is 9.80. The van der Waals surface area contributed by atoms with E-state index in [0.717, 1.165) is 11.1 Å². The zero-order chi connectivity index (χ0) is 25.6. The Morgan fingerprint density at radius 2 is 0.879 bits per heavy atom. The summed E-state index contributed by atoms with van der Waals surface area (Å²) in [7, 11) is 0. The lowest BCUT2D eigenvalue weighted by molar-refractivity contribution is 0.393. The second-order valence-electron chi connectivity index (χ2n) is 13.0. The lowest BCUT2D eigenvalue weighted by Crippen LogP contribution is -2.18. The molecule has 0 radical (unpaired) electrons. The Morgan fingerprint density at radius 3 is 1.12 bits per heavy atom. The van der Waals surface area contributed by atoms with E-state index < -0.39 is 6.95 Å². The molecule has 5 heteroatoms. The summed E-state index contributed by atoms with van der Waals surface area (Å²) < 4.78 is 25.2. The Balaban J connectivity index is 2.49. The maximum absolute atomic E-state index is 13.4. The average Bonchev–Trinajstić information content (AvgIpc) is 2.57. The van der Waals surface area contributed by atoms with Crippen molar-refractivity contribution >= 4 is 18.2 Å². The summed E-state index contributed by atoms with van der Waals surface area (Å²) in [4.78, 5) is 0. The monoisotopic (exact) mass is 492 g/mol. The van der Waals surface area contributed by atoms with Crippen molar-refractivity contribution in [2.45, 2.75) is 105 Å². The Kier molecular flexibility index (Phi) is 7.56. The van der Waals surface area contributed by atoms with Gasteiger partial charge in [-0.25, -0.2) is 4.57 Å². The molecule has 0 aliphatic rings. The molecule has 0 saturated carbocycles. The largest absolute Gasteiger partial charge is 0.530 e. The fraction of sp³-hybridized carbons (Fsp3) is 0.571. The number of hydrogen-bond donors (Lipinski definition) is 0. The first-order valence-electron chi connectivity index (χ1n) is 11.6. The first-order valence-corrected chi connectivity index (χ1v) is 14.0. The van der Waals surface area contributed by atoms with Crippen LogP contribution in [-0.4, -0.2) is 0 Å². The third kappa shape index (κ3) is 7.27. The molecule has 33 heavy (non-hydrogen) atoms. The van der Waals surface area contributed by atoms with Crippen molar-refractivity contribution in [1.82, 2.24) is 0 Å². The highest BCUT2D eigenvalue weighted by atomic mass is 35.7. The molecule has 0 aliphatic carbocycles. The van der Waals surface area contributed by atoms with E-state index >= 15 is 0 Å². The summed E-state index contributed by atoms with van der Waals surface area (Å²) in [6.45, 7) is 21.6. The normalized spacial score (nSPS) is 13.7. The van der Waals surface area contributed by atoms with Crippen LogP contribution in [0.15, 0.2) is 36.4 Å². The number of rotatable bonds is 4. The van der Waals surface area contributed by atoms with Gasteiger partial charge in [0.15, 0.2) is 0 Å². The average molecular weight is 493 g/mol. The molecular formula is C28H42ClO3P. The fourth-order valence-electron chi connectivity index (χ4n) is 3.58. The van der Waals surface area contributed by atoms with Crippen molar-refractivity contribution in [3.63, 3.8) is 0 Å². The van der Waals surface area contributed by atoms with Gasteiger partial charge in [0.25, 0.3) is 0 Å². The molecule has 0 aromatic heterocycles. The van der Waals surface area contributed by atoms with Gasteiger partial charge in [0.2, 0.25) is 0 Å². The van der Waals surface area contributed by atoms with Crippen LogP contribution in [0.5, 0.6) is 11.5 Å². The molecule has 0 heterocycles. The van der Waals surface area contributed by atoms with E-state index in [2.05, 4.69) is 95.2 Å². The Morgan fingerprint density at radius 1 is 0.576 bits per heavy atom. The topological polar surface area (TPSA) is 35.5 Å². The van der Waals surface area contributed by atoms with E-state index in [1.165, 1.54) is 11.1 Å². The van der Waals surface area contributed by atoms with Gasteiger partial charge in [-0.15, -0.1) is 0 Å². The van der Waals surface area contributed by atoms with Crippen LogP contribution < -0.4 is 9.05 Å². The van der Waals surface area contributed by atoms with Crippen molar-refractivity contribution in [3.05, 3.63) is 58.7 Å². The fourth-order valence-corrected chi connectivity index (χ4v) is 4.85. The van der Waals surface area contributed by atoms with E-state index in [1.807, 2.05) is 24.3 Å². The van der Waals surface area contributed by atoms with Crippen LogP contribution in [0.4, 0.5) is 0 Å². The van der Waals surface area contributed by atoms with Gasteiger partial charge in [-0.3, -0.25) is 0 Å². The maximum atomic E-state index is 13.4. The molecule has 2 rings (SSSR count). The summed E-state index contributed by atoms with van der Waals surface area (Å²) in [5, 5.41) is 0. The Bertz CT molecular complexity index is 963. The van der Waals surface area contributed by atoms with E-state index in [0.29, 0.717) is 11.5 Å². The molecule has 2 aromatic rings. The van der Waals surface area contributed by atoms with E-state index in [4.69, 9.17) is 20.3 Å². The Labute approximate surface area is 206 Å². The molecule has 0 amide bonds. The maximum Gasteiger partial charge on any atom is 0.530 e. The zero-order valence-electron chi connectivity index (χ0n) is 22.5. The minimum absolute atomic E-state index is 0.0178. The molecule has 0 saturated heterocycles. The summed E-state index contributed by atoms with van der Waals surface area (Å²) in [6.07, 6.45) is 0. The van der Waals surface area contributed by atoms with Crippen molar-refractivity contribution < 1.29 is 13.6 Å². The standard InChI is InChI=1S/C28H42ClO3P/c1-25(2,3)19-13-15-23(21(17-19)27(7,8)9)31-33(29,30)32-24-16-14-20(26(4,5)6)18-22(24)28(10,11)12/h13-18H,1-12H3. The smallest absolute Gasteiger partial charge is 0.404 e. The Hall–Kier alpha value is -1.44. The quantitative estimate of drug-likeness (QED) is 0.398. The second-order valence-corrected chi connectivity index (χ2v) is 15.5. The first-order chi connectivity index (χ1) is 14.6. The van der Waals surface area contributed by atoms with Crippen molar-refractivity contribution in [2.75, 3.05) is 0 Å². The first kappa shape index (κ1) is 27.8. The van der Waals surface area contributed by atoms with E-state index in [9.17, 15) is 4.57 Å². The van der Waals surface area contributed by atoms with Crippen LogP contribution in [0.25, 0.3) is 0 Å². The predicted molar refractivity (Wildman–Crippen MR) is 142 cm³/mol. The zero-order valence-corrected chi connectivity index (χ0v) is 24.2. The van der Waals surface area contributed by atoms with Crippen molar-refractivity contribution in [3.8, 4) is 11.5 Å². The van der Waals surface area contributed by atoms with Crippen LogP contribution in [0.3, 0.4) is 0 Å². The van der Waals surface area contributed by atoms with Crippen molar-refractivity contribution in [2.24, 2.45) is 0 Å². The number of hydrogen-bond acceptors (Lipinski definition) is 3. The molecule has 0 spiro atoms. The molecule has 0 atom stereocenters. The van der Waals surface area contributed by atoms with Crippen LogP contribution in [0.1, 0.15) is 105 Å². The molecule has 184 valence electrons. The van der Waals surface area contributed by atoms with Gasteiger partial charge >= 0.3 is 6.95 Å². The number of halogens is 1. The molecule has 0 unspecified atom stereocenters. The molecular weight excluding hydrogens is 451 g/mol. The third-order valence-corrected chi connectivity index (χ3v) is 6.97.